The summed E-state index contributed by atoms with van der Waals surface area (Å²) < 4.78 is 0. The number of rotatable bonds is 2. The number of H-pyrrole nitrogens is 1. The maximum Gasteiger partial charge on any atom is 0.0931 e. The molecule has 0 spiro atoms. The Morgan fingerprint density at radius 2 is 1.94 bits per heavy atom. The van der Waals surface area contributed by atoms with E-state index in [9.17, 15) is 0 Å². The Balaban J connectivity index is 2.02. The van der Waals surface area contributed by atoms with Crippen LogP contribution in [0, 0.1) is 0 Å². The summed E-state index contributed by atoms with van der Waals surface area (Å²) >= 11 is 0. The van der Waals surface area contributed by atoms with Crippen LogP contribution in [0.25, 0.3) is 11.0 Å². The number of nitrogens with one attached hydrogen (secondary N) is 1. The Labute approximate surface area is 105 Å². The number of aromatic amines is 1. The topological polar surface area (TPSA) is 57.9 Å². The first-order chi connectivity index (χ1) is 8.74. The third-order valence-corrected chi connectivity index (χ3v) is 3.05. The summed E-state index contributed by atoms with van der Waals surface area (Å²) in [6, 6.07) is 14.0. The second-order valence-electron chi connectivity index (χ2n) is 4.26. The van der Waals surface area contributed by atoms with Gasteiger partial charge in [-0.3, -0.25) is 0 Å². The molecule has 1 heterocycles. The van der Waals surface area contributed by atoms with E-state index in [1.54, 1.807) is 6.33 Å². The summed E-state index contributed by atoms with van der Waals surface area (Å²) in [6.45, 7) is 0. The molecule has 4 heteroatoms. The number of hydrogen-bond acceptors (Lipinski definition) is 3. The Kier molecular flexibility index (Phi) is 2.41. The smallest absolute Gasteiger partial charge is 0.0931 e. The molecule has 0 aliphatic heterocycles. The van der Waals surface area contributed by atoms with Crippen LogP contribution in [-0.4, -0.2) is 17.0 Å². The second kappa shape index (κ2) is 4.07. The van der Waals surface area contributed by atoms with Crippen LogP contribution in [0.5, 0.6) is 0 Å². The van der Waals surface area contributed by atoms with Gasteiger partial charge in [0.1, 0.15) is 0 Å². The molecule has 0 atom stereocenters. The second-order valence-corrected chi connectivity index (χ2v) is 4.26. The van der Waals surface area contributed by atoms with Gasteiger partial charge in [0.05, 0.1) is 17.4 Å². The summed E-state index contributed by atoms with van der Waals surface area (Å²) in [7, 11) is 2.02. The van der Waals surface area contributed by atoms with E-state index in [4.69, 9.17) is 5.73 Å². The molecular formula is C14H14N4. The zero-order chi connectivity index (χ0) is 12.5. The van der Waals surface area contributed by atoms with Crippen molar-refractivity contribution < 1.29 is 0 Å². The van der Waals surface area contributed by atoms with Gasteiger partial charge in [-0.15, -0.1) is 0 Å². The average Bonchev–Trinajstić information content (AvgIpc) is 2.85. The van der Waals surface area contributed by atoms with Crippen molar-refractivity contribution in [3.63, 3.8) is 0 Å². The Morgan fingerprint density at radius 1 is 1.11 bits per heavy atom. The highest BCUT2D eigenvalue weighted by Gasteiger charge is 2.05. The fourth-order valence-electron chi connectivity index (χ4n) is 2.01. The Hall–Kier alpha value is -2.49. The number of imidazole rings is 1. The minimum atomic E-state index is 0.766. The first kappa shape index (κ1) is 10.7. The van der Waals surface area contributed by atoms with Crippen LogP contribution in [0.15, 0.2) is 48.8 Å². The molecule has 3 aromatic rings. The summed E-state index contributed by atoms with van der Waals surface area (Å²) in [5.41, 5.74) is 10.7. The highest BCUT2D eigenvalue weighted by atomic mass is 15.1. The maximum absolute atomic E-state index is 5.81. The molecule has 0 saturated carbocycles. The van der Waals surface area contributed by atoms with Crippen LogP contribution in [0.3, 0.4) is 0 Å². The van der Waals surface area contributed by atoms with Crippen LogP contribution in [-0.2, 0) is 0 Å². The quantitative estimate of drug-likeness (QED) is 0.675. The van der Waals surface area contributed by atoms with Gasteiger partial charge in [0, 0.05) is 24.1 Å². The number of nitrogen functional groups attached to an aromatic ring is 1. The van der Waals surface area contributed by atoms with Crippen molar-refractivity contribution in [3.05, 3.63) is 48.8 Å². The number of hydrogen-bond donors (Lipinski definition) is 2. The van der Waals surface area contributed by atoms with E-state index in [0.29, 0.717) is 0 Å². The standard InChI is InChI=1S/C14H14N4/c1-18(11-4-2-3-10(15)7-11)12-5-6-13-14(8-12)17-9-16-13/h2-9H,15H2,1H3,(H,16,17). The molecule has 90 valence electrons. The van der Waals surface area contributed by atoms with Gasteiger partial charge in [0.15, 0.2) is 0 Å². The van der Waals surface area contributed by atoms with Crippen LogP contribution in [0.4, 0.5) is 17.1 Å². The van der Waals surface area contributed by atoms with Crippen LogP contribution >= 0.6 is 0 Å². The molecule has 4 nitrogen and oxygen atoms in total. The molecule has 3 rings (SSSR count). The zero-order valence-electron chi connectivity index (χ0n) is 10.1. The largest absolute Gasteiger partial charge is 0.399 e. The van der Waals surface area contributed by atoms with Gasteiger partial charge in [0.25, 0.3) is 0 Å². The van der Waals surface area contributed by atoms with Crippen molar-refractivity contribution in [2.24, 2.45) is 0 Å². The van der Waals surface area contributed by atoms with Crippen molar-refractivity contribution in [2.45, 2.75) is 0 Å². The fraction of sp³-hybridized carbons (Fsp3) is 0.0714. The van der Waals surface area contributed by atoms with E-state index in [0.717, 1.165) is 28.1 Å². The lowest BCUT2D eigenvalue weighted by Crippen LogP contribution is -2.09. The van der Waals surface area contributed by atoms with E-state index in [1.165, 1.54) is 0 Å². The molecule has 0 radical (unpaired) electrons. The summed E-state index contributed by atoms with van der Waals surface area (Å²) in [5, 5.41) is 0. The van der Waals surface area contributed by atoms with Crippen molar-refractivity contribution >= 4 is 28.1 Å². The van der Waals surface area contributed by atoms with E-state index in [2.05, 4.69) is 20.9 Å². The van der Waals surface area contributed by atoms with E-state index < -0.39 is 0 Å². The number of aromatic nitrogens is 2. The summed E-state index contributed by atoms with van der Waals surface area (Å²) in [6.07, 6.45) is 1.70. The Morgan fingerprint density at radius 3 is 2.78 bits per heavy atom. The van der Waals surface area contributed by atoms with Crippen molar-refractivity contribution in [2.75, 3.05) is 17.7 Å². The highest BCUT2D eigenvalue weighted by molar-refractivity contribution is 5.81. The molecule has 0 fully saturated rings. The SMILES string of the molecule is CN(c1cccc(N)c1)c1ccc2nc[nH]c2c1. The predicted molar refractivity (Wildman–Crippen MR) is 75.0 cm³/mol. The van der Waals surface area contributed by atoms with Gasteiger partial charge in [-0.25, -0.2) is 4.98 Å². The number of nitrogens with zero attached hydrogens (tertiary/aromatic N) is 2. The van der Waals surface area contributed by atoms with Crippen LogP contribution < -0.4 is 10.6 Å². The van der Waals surface area contributed by atoms with E-state index >= 15 is 0 Å². The molecule has 2 aromatic carbocycles. The lowest BCUT2D eigenvalue weighted by Gasteiger charge is -2.19. The molecule has 0 saturated heterocycles. The van der Waals surface area contributed by atoms with E-state index in [-0.39, 0.29) is 0 Å². The molecule has 1 aromatic heterocycles. The van der Waals surface area contributed by atoms with Crippen LogP contribution in [0.1, 0.15) is 0 Å². The predicted octanol–water partition coefficient (Wildman–Crippen LogP) is 2.91. The molecule has 0 aliphatic rings. The van der Waals surface area contributed by atoms with Crippen molar-refractivity contribution in [1.29, 1.82) is 0 Å². The van der Waals surface area contributed by atoms with Gasteiger partial charge in [-0.1, -0.05) is 6.07 Å². The molecule has 0 aliphatic carbocycles. The minimum absolute atomic E-state index is 0.766. The lowest BCUT2D eigenvalue weighted by molar-refractivity contribution is 1.21. The number of benzene rings is 2. The minimum Gasteiger partial charge on any atom is -0.399 e. The summed E-state index contributed by atoms with van der Waals surface area (Å²) in [5.74, 6) is 0. The number of fused-ring (bicyclic) bond motifs is 1. The molecular weight excluding hydrogens is 224 g/mol. The molecule has 0 bridgehead atoms. The monoisotopic (exact) mass is 238 g/mol. The van der Waals surface area contributed by atoms with Crippen molar-refractivity contribution in [3.8, 4) is 0 Å². The molecule has 3 N–H and O–H groups in total. The first-order valence-corrected chi connectivity index (χ1v) is 5.76. The van der Waals surface area contributed by atoms with Crippen LogP contribution in [0.2, 0.25) is 0 Å². The fourth-order valence-corrected chi connectivity index (χ4v) is 2.01. The molecule has 0 unspecified atom stereocenters. The summed E-state index contributed by atoms with van der Waals surface area (Å²) in [4.78, 5) is 9.42. The third kappa shape index (κ3) is 1.78. The molecule has 18 heavy (non-hydrogen) atoms. The maximum atomic E-state index is 5.81. The molecule has 0 amide bonds. The Bertz CT molecular complexity index is 687. The lowest BCUT2D eigenvalue weighted by atomic mass is 10.2. The van der Waals surface area contributed by atoms with Crippen molar-refractivity contribution in [1.82, 2.24) is 9.97 Å². The first-order valence-electron chi connectivity index (χ1n) is 5.76. The van der Waals surface area contributed by atoms with E-state index in [1.807, 2.05) is 43.4 Å². The average molecular weight is 238 g/mol. The number of nitrogens with two attached hydrogens (primary N) is 1. The zero-order valence-corrected chi connectivity index (χ0v) is 10.1. The van der Waals surface area contributed by atoms with Gasteiger partial charge in [-0.2, -0.15) is 0 Å². The van der Waals surface area contributed by atoms with Gasteiger partial charge >= 0.3 is 0 Å². The van der Waals surface area contributed by atoms with Gasteiger partial charge in [0.2, 0.25) is 0 Å². The third-order valence-electron chi connectivity index (χ3n) is 3.05. The van der Waals surface area contributed by atoms with Gasteiger partial charge < -0.3 is 15.6 Å². The van der Waals surface area contributed by atoms with Gasteiger partial charge in [-0.05, 0) is 36.4 Å². The number of anilines is 3. The highest BCUT2D eigenvalue weighted by Crippen LogP contribution is 2.26. The normalized spacial score (nSPS) is 10.7.